The Balaban J connectivity index is 2.83. The van der Waals surface area contributed by atoms with Gasteiger partial charge in [0.25, 0.3) is 0 Å². The van der Waals surface area contributed by atoms with Crippen molar-refractivity contribution in [2.24, 2.45) is 0 Å². The maximum Gasteiger partial charge on any atom is 0.241 e. The van der Waals surface area contributed by atoms with E-state index < -0.39 is 0 Å². The molecule has 0 saturated heterocycles. The summed E-state index contributed by atoms with van der Waals surface area (Å²) in [6.07, 6.45) is 0. The van der Waals surface area contributed by atoms with Gasteiger partial charge in [-0.3, -0.25) is 4.79 Å². The van der Waals surface area contributed by atoms with Gasteiger partial charge in [-0.05, 0) is 31.2 Å². The molecule has 0 aromatic heterocycles. The topological polar surface area (TPSA) is 35.6 Å². The van der Waals surface area contributed by atoms with E-state index in [1.165, 1.54) is 0 Å². The highest BCUT2D eigenvalue weighted by molar-refractivity contribution is 6.31. The van der Waals surface area contributed by atoms with E-state index in [0.717, 1.165) is 35.9 Å². The zero-order valence-electron chi connectivity index (χ0n) is 12.7. The molecule has 0 heterocycles. The number of likely N-dealkylation sites (N-methyl/N-ethyl adjacent to an activating group) is 2. The van der Waals surface area contributed by atoms with Crippen LogP contribution in [0.2, 0.25) is 5.02 Å². The second kappa shape index (κ2) is 8.12. The van der Waals surface area contributed by atoms with Gasteiger partial charge < -0.3 is 15.1 Å². The van der Waals surface area contributed by atoms with Crippen molar-refractivity contribution < 1.29 is 4.79 Å². The predicted molar refractivity (Wildman–Crippen MR) is 85.4 cm³/mol. The Kier molecular flexibility index (Phi) is 6.82. The highest BCUT2D eigenvalue weighted by atomic mass is 35.5. The van der Waals surface area contributed by atoms with Crippen LogP contribution in [0.5, 0.6) is 0 Å². The van der Waals surface area contributed by atoms with Gasteiger partial charge in [0.05, 0.1) is 6.54 Å². The summed E-state index contributed by atoms with van der Waals surface area (Å²) in [5, 5.41) is 3.99. The molecule has 112 valence electrons. The molecular weight excluding hydrogens is 274 g/mol. The molecule has 20 heavy (non-hydrogen) atoms. The van der Waals surface area contributed by atoms with Crippen LogP contribution in [0.25, 0.3) is 0 Å². The van der Waals surface area contributed by atoms with Gasteiger partial charge in [-0.15, -0.1) is 0 Å². The van der Waals surface area contributed by atoms with Gasteiger partial charge in [-0.2, -0.15) is 0 Å². The fourth-order valence-electron chi connectivity index (χ4n) is 1.83. The van der Waals surface area contributed by atoms with E-state index in [-0.39, 0.29) is 5.91 Å². The van der Waals surface area contributed by atoms with Crippen molar-refractivity contribution in [2.45, 2.75) is 20.4 Å². The molecule has 5 heteroatoms. The van der Waals surface area contributed by atoms with E-state index in [4.69, 9.17) is 11.6 Å². The predicted octanol–water partition coefficient (Wildman–Crippen LogP) is 2.36. The number of hydrogen-bond acceptors (Lipinski definition) is 3. The average Bonchev–Trinajstić information content (AvgIpc) is 2.43. The minimum absolute atomic E-state index is 0.0831. The van der Waals surface area contributed by atoms with Crippen LogP contribution in [0.4, 0.5) is 5.69 Å². The van der Waals surface area contributed by atoms with Crippen molar-refractivity contribution in [1.29, 1.82) is 0 Å². The number of rotatable bonds is 7. The fraction of sp³-hybridized carbons (Fsp3) is 0.533. The van der Waals surface area contributed by atoms with E-state index in [9.17, 15) is 4.79 Å². The van der Waals surface area contributed by atoms with Crippen molar-refractivity contribution in [3.05, 3.63) is 28.8 Å². The lowest BCUT2D eigenvalue weighted by atomic mass is 10.2. The van der Waals surface area contributed by atoms with Gasteiger partial charge in [-0.1, -0.05) is 24.6 Å². The number of amides is 1. The smallest absolute Gasteiger partial charge is 0.241 e. The molecule has 0 radical (unpaired) electrons. The molecule has 1 aromatic carbocycles. The largest absolute Gasteiger partial charge is 0.362 e. The number of carbonyl (C=O) groups is 1. The highest BCUT2D eigenvalue weighted by Gasteiger charge is 2.12. The van der Waals surface area contributed by atoms with Gasteiger partial charge in [0.1, 0.15) is 0 Å². The molecule has 0 atom stereocenters. The molecular formula is C15H24ClN3O. The quantitative estimate of drug-likeness (QED) is 0.839. The van der Waals surface area contributed by atoms with Crippen LogP contribution in [0.3, 0.4) is 0 Å². The van der Waals surface area contributed by atoms with Gasteiger partial charge in [0, 0.05) is 37.9 Å². The van der Waals surface area contributed by atoms with Crippen LogP contribution in [0.15, 0.2) is 18.2 Å². The average molecular weight is 298 g/mol. The van der Waals surface area contributed by atoms with Crippen LogP contribution in [0.1, 0.15) is 19.4 Å². The molecule has 0 unspecified atom stereocenters. The van der Waals surface area contributed by atoms with Crippen LogP contribution < -0.4 is 10.2 Å². The molecule has 1 amide bonds. The minimum atomic E-state index is 0.0831. The molecule has 0 aliphatic heterocycles. The second-order valence-electron chi connectivity index (χ2n) is 4.86. The second-order valence-corrected chi connectivity index (χ2v) is 5.27. The van der Waals surface area contributed by atoms with E-state index in [1.54, 1.807) is 19.0 Å². The SMILES string of the molecule is CCNCc1ccc(N(CC)CC(=O)N(C)C)cc1Cl. The number of halogens is 1. The number of anilines is 1. The summed E-state index contributed by atoms with van der Waals surface area (Å²) in [6, 6.07) is 5.97. The molecule has 0 fully saturated rings. The first kappa shape index (κ1) is 16.8. The Morgan fingerprint density at radius 1 is 1.30 bits per heavy atom. The third-order valence-electron chi connectivity index (χ3n) is 3.17. The molecule has 0 aliphatic carbocycles. The van der Waals surface area contributed by atoms with Crippen LogP contribution in [0, 0.1) is 0 Å². The summed E-state index contributed by atoms with van der Waals surface area (Å²) in [4.78, 5) is 15.4. The van der Waals surface area contributed by atoms with E-state index >= 15 is 0 Å². The number of benzene rings is 1. The molecule has 0 bridgehead atoms. The van der Waals surface area contributed by atoms with Crippen LogP contribution in [-0.2, 0) is 11.3 Å². The molecule has 0 saturated carbocycles. The Bertz CT molecular complexity index is 449. The Morgan fingerprint density at radius 2 is 2.00 bits per heavy atom. The van der Waals surface area contributed by atoms with Crippen LogP contribution in [-0.4, -0.2) is 44.5 Å². The lowest BCUT2D eigenvalue weighted by molar-refractivity contribution is -0.127. The van der Waals surface area contributed by atoms with Crippen molar-refractivity contribution in [2.75, 3.05) is 38.6 Å². The first-order chi connectivity index (χ1) is 9.49. The van der Waals surface area contributed by atoms with Crippen LogP contribution >= 0.6 is 11.6 Å². The first-order valence-electron chi connectivity index (χ1n) is 6.93. The van der Waals surface area contributed by atoms with Crippen molar-refractivity contribution >= 4 is 23.2 Å². The minimum Gasteiger partial charge on any atom is -0.362 e. The van der Waals surface area contributed by atoms with E-state index in [2.05, 4.69) is 12.2 Å². The summed E-state index contributed by atoms with van der Waals surface area (Å²) >= 11 is 6.30. The third-order valence-corrected chi connectivity index (χ3v) is 3.53. The maximum absolute atomic E-state index is 11.8. The third kappa shape index (κ3) is 4.69. The Morgan fingerprint density at radius 3 is 2.50 bits per heavy atom. The lowest BCUT2D eigenvalue weighted by Crippen LogP contribution is -2.36. The van der Waals surface area contributed by atoms with Crippen molar-refractivity contribution in [1.82, 2.24) is 10.2 Å². The zero-order valence-corrected chi connectivity index (χ0v) is 13.5. The Labute approximate surface area is 126 Å². The van der Waals surface area contributed by atoms with E-state index in [1.807, 2.05) is 30.0 Å². The molecule has 1 rings (SSSR count). The summed E-state index contributed by atoms with van der Waals surface area (Å²) in [6.45, 7) is 6.90. The molecule has 1 aromatic rings. The maximum atomic E-state index is 11.8. The molecule has 4 nitrogen and oxygen atoms in total. The van der Waals surface area contributed by atoms with Crippen molar-refractivity contribution in [3.8, 4) is 0 Å². The summed E-state index contributed by atoms with van der Waals surface area (Å²) in [5.41, 5.74) is 2.06. The standard InChI is InChI=1S/C15H24ClN3O/c1-5-17-10-12-7-8-13(9-14(12)16)19(6-2)11-15(20)18(3)4/h7-9,17H,5-6,10-11H2,1-4H3. The fourth-order valence-corrected chi connectivity index (χ4v) is 2.07. The van der Waals surface area contributed by atoms with Gasteiger partial charge in [-0.25, -0.2) is 0 Å². The highest BCUT2D eigenvalue weighted by Crippen LogP contribution is 2.23. The summed E-state index contributed by atoms with van der Waals surface area (Å²) in [7, 11) is 3.53. The molecule has 0 spiro atoms. The van der Waals surface area contributed by atoms with Gasteiger partial charge >= 0.3 is 0 Å². The molecule has 0 aliphatic rings. The van der Waals surface area contributed by atoms with Gasteiger partial charge in [0.2, 0.25) is 5.91 Å². The van der Waals surface area contributed by atoms with Crippen molar-refractivity contribution in [3.63, 3.8) is 0 Å². The number of carbonyl (C=O) groups excluding carboxylic acids is 1. The summed E-state index contributed by atoms with van der Waals surface area (Å²) < 4.78 is 0. The van der Waals surface area contributed by atoms with E-state index in [0.29, 0.717) is 6.54 Å². The number of nitrogens with zero attached hydrogens (tertiary/aromatic N) is 2. The molecule has 1 N–H and O–H groups in total. The summed E-state index contributed by atoms with van der Waals surface area (Å²) in [5.74, 6) is 0.0831. The first-order valence-corrected chi connectivity index (χ1v) is 7.31. The number of nitrogens with one attached hydrogen (secondary N) is 1. The lowest BCUT2D eigenvalue weighted by Gasteiger charge is -2.24. The Hall–Kier alpha value is -1.26. The van der Waals surface area contributed by atoms with Gasteiger partial charge in [0.15, 0.2) is 0 Å². The normalized spacial score (nSPS) is 10.4. The number of hydrogen-bond donors (Lipinski definition) is 1. The zero-order chi connectivity index (χ0) is 15.1. The monoisotopic (exact) mass is 297 g/mol.